The maximum absolute atomic E-state index is 11.5. The van der Waals surface area contributed by atoms with E-state index in [1.807, 2.05) is 32.0 Å². The first kappa shape index (κ1) is 14.7. The van der Waals surface area contributed by atoms with E-state index < -0.39 is 0 Å². The highest BCUT2D eigenvalue weighted by Crippen LogP contribution is 2.28. The van der Waals surface area contributed by atoms with E-state index >= 15 is 0 Å². The lowest BCUT2D eigenvalue weighted by Gasteiger charge is -2.16. The first-order valence-electron chi connectivity index (χ1n) is 6.26. The Morgan fingerprint density at radius 3 is 2.90 bits per heavy atom. The van der Waals surface area contributed by atoms with E-state index in [9.17, 15) is 4.79 Å². The van der Waals surface area contributed by atoms with Crippen LogP contribution < -0.4 is 16.0 Å². The maximum atomic E-state index is 11.5. The maximum Gasteiger partial charge on any atom is 0.237 e. The van der Waals surface area contributed by atoms with E-state index in [1.54, 1.807) is 7.11 Å². The molecule has 0 spiro atoms. The van der Waals surface area contributed by atoms with E-state index in [1.165, 1.54) is 11.8 Å². The van der Waals surface area contributed by atoms with Crippen LogP contribution >= 0.6 is 11.8 Å². The molecule has 2 rings (SSSR count). The SMILES string of the molecule is COc1ccc2nc(SC(C)C(C)C(=O)NN)[nH]c2c1. The Morgan fingerprint density at radius 1 is 1.50 bits per heavy atom. The largest absolute Gasteiger partial charge is 0.497 e. The molecule has 1 aromatic heterocycles. The van der Waals surface area contributed by atoms with Crippen molar-refractivity contribution in [3.63, 3.8) is 0 Å². The van der Waals surface area contributed by atoms with Crippen LogP contribution in [0.25, 0.3) is 11.0 Å². The number of H-pyrrole nitrogens is 1. The summed E-state index contributed by atoms with van der Waals surface area (Å²) in [4.78, 5) is 19.2. The number of nitrogens with two attached hydrogens (primary N) is 1. The van der Waals surface area contributed by atoms with Crippen molar-refractivity contribution in [1.82, 2.24) is 15.4 Å². The fraction of sp³-hybridized carbons (Fsp3) is 0.385. The van der Waals surface area contributed by atoms with E-state index in [-0.39, 0.29) is 17.1 Å². The van der Waals surface area contributed by atoms with Gasteiger partial charge >= 0.3 is 0 Å². The summed E-state index contributed by atoms with van der Waals surface area (Å²) < 4.78 is 5.18. The van der Waals surface area contributed by atoms with Crippen molar-refractivity contribution >= 4 is 28.7 Å². The molecule has 1 heterocycles. The fourth-order valence-corrected chi connectivity index (χ4v) is 2.77. The number of nitrogens with one attached hydrogen (secondary N) is 2. The van der Waals surface area contributed by atoms with Crippen molar-refractivity contribution in [1.29, 1.82) is 0 Å². The fourth-order valence-electron chi connectivity index (χ4n) is 1.77. The van der Waals surface area contributed by atoms with Crippen molar-refractivity contribution in [2.24, 2.45) is 11.8 Å². The van der Waals surface area contributed by atoms with Gasteiger partial charge in [-0.2, -0.15) is 0 Å². The van der Waals surface area contributed by atoms with Crippen LogP contribution in [0.4, 0.5) is 0 Å². The highest BCUT2D eigenvalue weighted by molar-refractivity contribution is 7.99. The number of imidazole rings is 1. The number of hydrogen-bond donors (Lipinski definition) is 3. The first-order chi connectivity index (χ1) is 9.55. The number of hydrazine groups is 1. The number of fused-ring (bicyclic) bond motifs is 1. The van der Waals surface area contributed by atoms with Gasteiger partial charge in [-0.15, -0.1) is 0 Å². The van der Waals surface area contributed by atoms with Crippen molar-refractivity contribution < 1.29 is 9.53 Å². The average Bonchev–Trinajstić information content (AvgIpc) is 2.86. The van der Waals surface area contributed by atoms with Gasteiger partial charge < -0.3 is 9.72 Å². The van der Waals surface area contributed by atoms with Gasteiger partial charge in [0.2, 0.25) is 5.91 Å². The second kappa shape index (κ2) is 6.15. The topological polar surface area (TPSA) is 93.0 Å². The number of aromatic amines is 1. The van der Waals surface area contributed by atoms with Crippen LogP contribution in [-0.2, 0) is 4.79 Å². The summed E-state index contributed by atoms with van der Waals surface area (Å²) in [6, 6.07) is 5.66. The lowest BCUT2D eigenvalue weighted by molar-refractivity contribution is -0.124. The molecule has 2 atom stereocenters. The third kappa shape index (κ3) is 3.05. The Balaban J connectivity index is 2.15. The van der Waals surface area contributed by atoms with Crippen molar-refractivity contribution in [3.8, 4) is 5.75 Å². The third-order valence-electron chi connectivity index (χ3n) is 3.22. The van der Waals surface area contributed by atoms with Gasteiger partial charge in [-0.3, -0.25) is 10.2 Å². The molecule has 0 radical (unpaired) electrons. The lowest BCUT2D eigenvalue weighted by Crippen LogP contribution is -2.38. The molecule has 1 aromatic carbocycles. The monoisotopic (exact) mass is 294 g/mol. The number of rotatable bonds is 5. The van der Waals surface area contributed by atoms with E-state index in [4.69, 9.17) is 10.6 Å². The quantitative estimate of drug-likeness (QED) is 0.338. The summed E-state index contributed by atoms with van der Waals surface area (Å²) in [7, 11) is 1.63. The Morgan fingerprint density at radius 2 is 2.25 bits per heavy atom. The molecule has 0 fully saturated rings. The standard InChI is InChI=1S/C13H18N4O2S/c1-7(12(18)17-14)8(2)20-13-15-10-5-4-9(19-3)6-11(10)16-13/h4-8H,14H2,1-3H3,(H,15,16)(H,17,18). The Hall–Kier alpha value is -1.73. The summed E-state index contributed by atoms with van der Waals surface area (Å²) in [6.45, 7) is 3.81. The van der Waals surface area contributed by atoms with Crippen LogP contribution in [0.2, 0.25) is 0 Å². The van der Waals surface area contributed by atoms with Crippen molar-refractivity contribution in [3.05, 3.63) is 18.2 Å². The van der Waals surface area contributed by atoms with Crippen LogP contribution in [0.5, 0.6) is 5.75 Å². The van der Waals surface area contributed by atoms with Crippen LogP contribution in [0.1, 0.15) is 13.8 Å². The lowest BCUT2D eigenvalue weighted by atomic mass is 10.1. The minimum Gasteiger partial charge on any atom is -0.497 e. The first-order valence-corrected chi connectivity index (χ1v) is 7.14. The normalized spacial score (nSPS) is 14.0. The van der Waals surface area contributed by atoms with Crippen LogP contribution in [0.15, 0.2) is 23.4 Å². The van der Waals surface area contributed by atoms with Crippen molar-refractivity contribution in [2.45, 2.75) is 24.3 Å². The molecule has 20 heavy (non-hydrogen) atoms. The predicted molar refractivity (Wildman–Crippen MR) is 79.5 cm³/mol. The Bertz CT molecular complexity index is 613. The van der Waals surface area contributed by atoms with Gasteiger partial charge in [0.25, 0.3) is 0 Å². The number of methoxy groups -OCH3 is 1. The number of benzene rings is 1. The van der Waals surface area contributed by atoms with Gasteiger partial charge in [-0.25, -0.2) is 10.8 Å². The summed E-state index contributed by atoms with van der Waals surface area (Å²) in [5.74, 6) is 5.55. The molecule has 0 saturated heterocycles. The minimum absolute atomic E-state index is 0.0565. The molecule has 108 valence electrons. The van der Waals surface area contributed by atoms with Crippen LogP contribution in [0.3, 0.4) is 0 Å². The molecule has 0 saturated carbocycles. The third-order valence-corrected chi connectivity index (χ3v) is 4.42. The smallest absolute Gasteiger partial charge is 0.237 e. The zero-order valence-electron chi connectivity index (χ0n) is 11.6. The van der Waals surface area contributed by atoms with E-state index in [0.29, 0.717) is 0 Å². The van der Waals surface area contributed by atoms with Gasteiger partial charge in [0.05, 0.1) is 18.1 Å². The molecule has 2 unspecified atom stereocenters. The van der Waals surface area contributed by atoms with Gasteiger partial charge in [0.1, 0.15) is 5.75 Å². The van der Waals surface area contributed by atoms with Gasteiger partial charge in [-0.05, 0) is 12.1 Å². The molecule has 4 N–H and O–H groups in total. The number of hydrogen-bond acceptors (Lipinski definition) is 5. The number of carbonyl (C=O) groups is 1. The highest BCUT2D eigenvalue weighted by Gasteiger charge is 2.21. The Kier molecular flexibility index (Phi) is 4.51. The molecular weight excluding hydrogens is 276 g/mol. The molecule has 2 aromatic rings. The molecule has 6 nitrogen and oxygen atoms in total. The molecule has 7 heteroatoms. The van der Waals surface area contributed by atoms with Crippen molar-refractivity contribution in [2.75, 3.05) is 7.11 Å². The zero-order valence-corrected chi connectivity index (χ0v) is 12.5. The second-order valence-corrected chi connectivity index (χ2v) is 5.91. The molecular formula is C13H18N4O2S. The van der Waals surface area contributed by atoms with E-state index in [0.717, 1.165) is 21.9 Å². The Labute approximate surface area is 121 Å². The van der Waals surface area contributed by atoms with Gasteiger partial charge in [0, 0.05) is 17.2 Å². The zero-order chi connectivity index (χ0) is 14.7. The molecule has 0 aliphatic heterocycles. The average molecular weight is 294 g/mol. The van der Waals surface area contributed by atoms with Gasteiger partial charge in [-0.1, -0.05) is 25.6 Å². The summed E-state index contributed by atoms with van der Waals surface area (Å²) >= 11 is 1.51. The number of amides is 1. The van der Waals surface area contributed by atoms with Crippen LogP contribution in [-0.4, -0.2) is 28.2 Å². The van der Waals surface area contributed by atoms with E-state index in [2.05, 4.69) is 15.4 Å². The number of thioether (sulfide) groups is 1. The predicted octanol–water partition coefficient (Wildman–Crippen LogP) is 1.68. The summed E-state index contributed by atoms with van der Waals surface area (Å²) in [6.07, 6.45) is 0. The molecule has 1 amide bonds. The summed E-state index contributed by atoms with van der Waals surface area (Å²) in [5, 5.41) is 0.832. The van der Waals surface area contributed by atoms with Crippen LogP contribution in [0, 0.1) is 5.92 Å². The number of carbonyl (C=O) groups excluding carboxylic acids is 1. The molecule has 0 aliphatic rings. The molecule has 0 bridgehead atoms. The minimum atomic E-state index is -0.201. The number of aromatic nitrogens is 2. The van der Waals surface area contributed by atoms with Gasteiger partial charge in [0.15, 0.2) is 5.16 Å². The number of ether oxygens (including phenoxy) is 1. The second-order valence-electron chi connectivity index (χ2n) is 4.55. The highest BCUT2D eigenvalue weighted by atomic mass is 32.2. The number of nitrogens with zero attached hydrogens (tertiary/aromatic N) is 1. The summed E-state index contributed by atoms with van der Waals surface area (Å²) in [5.41, 5.74) is 3.96. The molecule has 0 aliphatic carbocycles.